The Morgan fingerprint density at radius 2 is 2.15 bits per heavy atom. The van der Waals surface area contributed by atoms with Gasteiger partial charge in [-0.3, -0.25) is 14.5 Å². The van der Waals surface area contributed by atoms with Gasteiger partial charge in [-0.2, -0.15) is 5.10 Å². The molecule has 8 heteroatoms. The number of halogens is 1. The van der Waals surface area contributed by atoms with Crippen molar-refractivity contribution in [1.82, 2.24) is 20.0 Å². The van der Waals surface area contributed by atoms with Gasteiger partial charge >= 0.3 is 5.97 Å². The van der Waals surface area contributed by atoms with E-state index in [-0.39, 0.29) is 24.5 Å². The molecule has 1 saturated carbocycles. The summed E-state index contributed by atoms with van der Waals surface area (Å²) in [5.41, 5.74) is 1.12. The molecule has 26 heavy (non-hydrogen) atoms. The standard InChI is InChI=1S/C18H21ClN4O3/c1-2-22(11-17(24)25)15-9-13(10-15)20-18(26)16-6-7-23(21-16)14-5-3-4-12(19)8-14/h3-8,13,15H,2,9-11H2,1H3,(H,20,26)(H,24,25). The van der Waals surface area contributed by atoms with Crippen molar-refractivity contribution >= 4 is 23.5 Å². The van der Waals surface area contributed by atoms with Gasteiger partial charge in [-0.1, -0.05) is 24.6 Å². The number of carbonyl (C=O) groups is 2. The van der Waals surface area contributed by atoms with Crippen LogP contribution in [-0.4, -0.2) is 56.8 Å². The third-order valence-electron chi connectivity index (χ3n) is 4.60. The molecule has 1 aliphatic carbocycles. The molecule has 0 radical (unpaired) electrons. The number of hydrogen-bond acceptors (Lipinski definition) is 4. The van der Waals surface area contributed by atoms with Gasteiger partial charge in [0.2, 0.25) is 0 Å². The topological polar surface area (TPSA) is 87.5 Å². The van der Waals surface area contributed by atoms with E-state index in [4.69, 9.17) is 16.7 Å². The van der Waals surface area contributed by atoms with Crippen LogP contribution >= 0.6 is 11.6 Å². The summed E-state index contributed by atoms with van der Waals surface area (Å²) >= 11 is 5.98. The molecular weight excluding hydrogens is 356 g/mol. The number of benzene rings is 1. The molecule has 0 spiro atoms. The number of nitrogens with one attached hydrogen (secondary N) is 1. The summed E-state index contributed by atoms with van der Waals surface area (Å²) in [6, 6.07) is 9.14. The molecule has 1 aromatic carbocycles. The molecule has 0 aliphatic heterocycles. The average molecular weight is 377 g/mol. The first kappa shape index (κ1) is 18.4. The van der Waals surface area contributed by atoms with Crippen molar-refractivity contribution < 1.29 is 14.7 Å². The van der Waals surface area contributed by atoms with E-state index in [1.165, 1.54) is 0 Å². The van der Waals surface area contributed by atoms with Crippen molar-refractivity contribution in [2.45, 2.75) is 31.8 Å². The van der Waals surface area contributed by atoms with E-state index in [1.54, 1.807) is 29.1 Å². The van der Waals surface area contributed by atoms with Crippen LogP contribution in [0.15, 0.2) is 36.5 Å². The number of amides is 1. The highest BCUT2D eigenvalue weighted by Crippen LogP contribution is 2.25. The predicted molar refractivity (Wildman–Crippen MR) is 97.7 cm³/mol. The molecule has 0 unspecified atom stereocenters. The second kappa shape index (κ2) is 7.88. The minimum Gasteiger partial charge on any atom is -0.480 e. The van der Waals surface area contributed by atoms with Gasteiger partial charge in [0.05, 0.1) is 12.2 Å². The van der Waals surface area contributed by atoms with E-state index in [2.05, 4.69) is 10.4 Å². The Hall–Kier alpha value is -2.38. The van der Waals surface area contributed by atoms with E-state index in [0.717, 1.165) is 18.5 Å². The smallest absolute Gasteiger partial charge is 0.317 e. The Bertz CT molecular complexity index is 801. The molecule has 1 aliphatic rings. The number of carboxylic acids is 1. The summed E-state index contributed by atoms with van der Waals surface area (Å²) < 4.78 is 1.61. The Morgan fingerprint density at radius 3 is 2.81 bits per heavy atom. The van der Waals surface area contributed by atoms with Gasteiger partial charge in [0.25, 0.3) is 5.91 Å². The molecule has 1 amide bonds. The third-order valence-corrected chi connectivity index (χ3v) is 4.84. The van der Waals surface area contributed by atoms with Crippen molar-refractivity contribution in [2.75, 3.05) is 13.1 Å². The van der Waals surface area contributed by atoms with Crippen LogP contribution in [0, 0.1) is 0 Å². The number of rotatable bonds is 7. The van der Waals surface area contributed by atoms with Crippen molar-refractivity contribution in [3.8, 4) is 5.69 Å². The van der Waals surface area contributed by atoms with Crippen LogP contribution in [0.3, 0.4) is 0 Å². The maximum atomic E-state index is 12.4. The van der Waals surface area contributed by atoms with Crippen LogP contribution in [0.4, 0.5) is 0 Å². The number of carbonyl (C=O) groups excluding carboxylic acids is 1. The quantitative estimate of drug-likeness (QED) is 0.773. The Morgan fingerprint density at radius 1 is 1.38 bits per heavy atom. The van der Waals surface area contributed by atoms with Crippen LogP contribution in [0.5, 0.6) is 0 Å². The lowest BCUT2D eigenvalue weighted by molar-refractivity contribution is -0.139. The maximum absolute atomic E-state index is 12.4. The highest BCUT2D eigenvalue weighted by molar-refractivity contribution is 6.30. The number of carboxylic acid groups (broad SMARTS) is 1. The van der Waals surface area contributed by atoms with Crippen molar-refractivity contribution in [1.29, 1.82) is 0 Å². The van der Waals surface area contributed by atoms with E-state index in [9.17, 15) is 9.59 Å². The lowest BCUT2D eigenvalue weighted by Gasteiger charge is -2.42. The van der Waals surface area contributed by atoms with Gasteiger partial charge in [0, 0.05) is 23.3 Å². The fourth-order valence-corrected chi connectivity index (χ4v) is 3.33. The van der Waals surface area contributed by atoms with Crippen LogP contribution in [0.2, 0.25) is 5.02 Å². The summed E-state index contributed by atoms with van der Waals surface area (Å²) in [5.74, 6) is -1.05. The molecule has 138 valence electrons. The molecule has 2 aromatic rings. The largest absolute Gasteiger partial charge is 0.480 e. The van der Waals surface area contributed by atoms with Crippen molar-refractivity contribution in [2.24, 2.45) is 0 Å². The zero-order chi connectivity index (χ0) is 18.7. The molecule has 0 atom stereocenters. The highest BCUT2D eigenvalue weighted by atomic mass is 35.5. The molecule has 0 saturated heterocycles. The van der Waals surface area contributed by atoms with Gasteiger partial charge in [-0.25, -0.2) is 4.68 Å². The molecule has 7 nitrogen and oxygen atoms in total. The van der Waals surface area contributed by atoms with Crippen LogP contribution in [0.1, 0.15) is 30.3 Å². The first-order valence-electron chi connectivity index (χ1n) is 8.54. The molecule has 0 bridgehead atoms. The van der Waals surface area contributed by atoms with Crippen molar-refractivity contribution in [3.05, 3.63) is 47.2 Å². The Kier molecular flexibility index (Phi) is 5.58. The number of hydrogen-bond donors (Lipinski definition) is 2. The van der Waals surface area contributed by atoms with E-state index in [0.29, 0.717) is 17.3 Å². The average Bonchev–Trinajstić information content (AvgIpc) is 3.06. The Balaban J connectivity index is 1.55. The molecule has 1 heterocycles. The SMILES string of the molecule is CCN(CC(=O)O)C1CC(NC(=O)c2ccn(-c3cccc(Cl)c3)n2)C1. The van der Waals surface area contributed by atoms with Gasteiger partial charge in [0.15, 0.2) is 5.69 Å². The summed E-state index contributed by atoms with van der Waals surface area (Å²) in [5, 5.41) is 16.8. The summed E-state index contributed by atoms with van der Waals surface area (Å²) in [6.45, 7) is 2.66. The van der Waals surface area contributed by atoms with Gasteiger partial charge < -0.3 is 10.4 Å². The zero-order valence-corrected chi connectivity index (χ0v) is 15.2. The number of aliphatic carboxylic acids is 1. The summed E-state index contributed by atoms with van der Waals surface area (Å²) in [4.78, 5) is 25.1. The fourth-order valence-electron chi connectivity index (χ4n) is 3.14. The highest BCUT2D eigenvalue weighted by Gasteiger charge is 2.35. The monoisotopic (exact) mass is 376 g/mol. The van der Waals surface area contributed by atoms with Crippen LogP contribution < -0.4 is 5.32 Å². The normalized spacial score (nSPS) is 19.2. The zero-order valence-electron chi connectivity index (χ0n) is 14.4. The van der Waals surface area contributed by atoms with Gasteiger partial charge in [0.1, 0.15) is 0 Å². The lowest BCUT2D eigenvalue weighted by atomic mass is 9.85. The van der Waals surface area contributed by atoms with Gasteiger partial charge in [-0.05, 0) is 43.7 Å². The summed E-state index contributed by atoms with van der Waals surface area (Å²) in [6.07, 6.45) is 3.22. The van der Waals surface area contributed by atoms with E-state index >= 15 is 0 Å². The van der Waals surface area contributed by atoms with Crippen LogP contribution in [0.25, 0.3) is 5.69 Å². The molecule has 1 aromatic heterocycles. The number of aromatic nitrogens is 2. The number of nitrogens with zero attached hydrogens (tertiary/aromatic N) is 3. The van der Waals surface area contributed by atoms with Gasteiger partial charge in [-0.15, -0.1) is 0 Å². The second-order valence-corrected chi connectivity index (χ2v) is 6.81. The second-order valence-electron chi connectivity index (χ2n) is 6.38. The summed E-state index contributed by atoms with van der Waals surface area (Å²) in [7, 11) is 0. The van der Waals surface area contributed by atoms with Crippen LogP contribution in [-0.2, 0) is 4.79 Å². The molecule has 2 N–H and O–H groups in total. The lowest BCUT2D eigenvalue weighted by Crippen LogP contribution is -2.54. The molecule has 3 rings (SSSR count). The fraction of sp³-hybridized carbons (Fsp3) is 0.389. The predicted octanol–water partition coefficient (Wildman–Crippen LogP) is 2.19. The van der Waals surface area contributed by atoms with E-state index in [1.807, 2.05) is 24.0 Å². The molecular formula is C18H21ClN4O3. The Labute approximate surface area is 156 Å². The number of likely N-dealkylation sites (N-methyl/N-ethyl adjacent to an activating group) is 1. The molecule has 1 fully saturated rings. The first-order valence-corrected chi connectivity index (χ1v) is 8.92. The minimum absolute atomic E-state index is 0.0336. The minimum atomic E-state index is -0.828. The third kappa shape index (κ3) is 4.23. The first-order chi connectivity index (χ1) is 12.5. The van der Waals surface area contributed by atoms with E-state index < -0.39 is 5.97 Å². The van der Waals surface area contributed by atoms with Crippen molar-refractivity contribution in [3.63, 3.8) is 0 Å². The maximum Gasteiger partial charge on any atom is 0.317 e.